The van der Waals surface area contributed by atoms with Gasteiger partial charge in [-0.1, -0.05) is 13.5 Å². The highest BCUT2D eigenvalue weighted by molar-refractivity contribution is 7.81. The van der Waals surface area contributed by atoms with E-state index in [2.05, 4.69) is 28.7 Å². The number of hydrogen-bond acceptors (Lipinski definition) is 6. The Balaban J connectivity index is 0. The van der Waals surface area contributed by atoms with E-state index in [9.17, 15) is 27.2 Å². The van der Waals surface area contributed by atoms with Gasteiger partial charge in [-0.25, -0.2) is 9.59 Å². The van der Waals surface area contributed by atoms with Gasteiger partial charge in [0.05, 0.1) is 0 Å². The Morgan fingerprint density at radius 2 is 1.81 bits per heavy atom. The molecule has 0 saturated heterocycles. The molecule has 0 fully saturated rings. The van der Waals surface area contributed by atoms with Crippen LogP contribution in [0.15, 0.2) is 12.7 Å². The van der Waals surface area contributed by atoms with Crippen molar-refractivity contribution in [3.63, 3.8) is 0 Å². The quantitative estimate of drug-likeness (QED) is 0.321. The molecule has 0 radical (unpaired) electrons. The Morgan fingerprint density at radius 1 is 1.33 bits per heavy atom. The second-order valence-electron chi connectivity index (χ2n) is 3.40. The van der Waals surface area contributed by atoms with Crippen molar-refractivity contribution in [2.45, 2.75) is 30.6 Å². The van der Waals surface area contributed by atoms with Crippen molar-refractivity contribution < 1.29 is 41.7 Å². The maximum Gasteiger partial charge on any atom is 0.381 e. The number of carbonyl (C=O) groups is 2. The molecule has 0 aromatic heterocycles. The van der Waals surface area contributed by atoms with E-state index in [1.54, 1.807) is 0 Å². The lowest BCUT2D eigenvalue weighted by molar-refractivity contribution is -0.200. The monoisotopic (exact) mass is 336 g/mol. The number of carbonyl (C=O) groups excluding carboxylic acids is 2. The van der Waals surface area contributed by atoms with Crippen LogP contribution in [0.25, 0.3) is 0 Å². The molecular formula is C11H16F4O5S. The van der Waals surface area contributed by atoms with Gasteiger partial charge in [-0.15, -0.1) is 12.6 Å². The zero-order valence-electron chi connectivity index (χ0n) is 11.3. The van der Waals surface area contributed by atoms with Gasteiger partial charge < -0.3 is 14.6 Å². The van der Waals surface area contributed by atoms with Crippen LogP contribution in [0.3, 0.4) is 0 Å². The molecule has 10 heteroatoms. The van der Waals surface area contributed by atoms with Crippen LogP contribution in [0, 0.1) is 0 Å². The first-order valence-electron chi connectivity index (χ1n) is 5.47. The third-order valence-corrected chi connectivity index (χ3v) is 1.98. The van der Waals surface area contributed by atoms with Crippen LogP contribution in [-0.2, 0) is 19.1 Å². The lowest BCUT2D eigenvalue weighted by Gasteiger charge is -2.24. The van der Waals surface area contributed by atoms with Gasteiger partial charge in [-0.2, -0.15) is 17.6 Å². The Labute approximate surface area is 124 Å². The largest absolute Gasteiger partial charge is 0.454 e. The number of alkyl halides is 4. The van der Waals surface area contributed by atoms with Crippen molar-refractivity contribution in [2.75, 3.05) is 13.7 Å². The van der Waals surface area contributed by atoms with Crippen LogP contribution < -0.4 is 0 Å². The number of aliphatic hydroxyl groups is 1. The maximum absolute atomic E-state index is 13.5. The highest BCUT2D eigenvalue weighted by atomic mass is 32.1. The molecule has 5 nitrogen and oxygen atoms in total. The fraction of sp³-hybridized carbons (Fsp3) is 0.636. The summed E-state index contributed by atoms with van der Waals surface area (Å²) in [4.78, 5) is 21.8. The van der Waals surface area contributed by atoms with Gasteiger partial charge >= 0.3 is 23.1 Å². The van der Waals surface area contributed by atoms with Crippen LogP contribution in [-0.4, -0.2) is 48.0 Å². The Hall–Kier alpha value is -1.29. The standard InChI is InChI=1S/C10H12F4O4S.CH4O/c1-3-6(18-7(15)4-2)10(13,14)8(16)17-5-9(11,12)19;1-2/h4,6,19H,2-3,5H2,1H3;2H,1H3. The van der Waals surface area contributed by atoms with Crippen LogP contribution >= 0.6 is 12.6 Å². The highest BCUT2D eigenvalue weighted by Crippen LogP contribution is 2.27. The summed E-state index contributed by atoms with van der Waals surface area (Å²) in [7, 11) is 1.00. The predicted octanol–water partition coefficient (Wildman–Crippen LogP) is 1.80. The van der Waals surface area contributed by atoms with Crippen molar-refractivity contribution in [1.82, 2.24) is 0 Å². The predicted molar refractivity (Wildman–Crippen MR) is 68.3 cm³/mol. The fourth-order valence-electron chi connectivity index (χ4n) is 0.982. The molecule has 0 amide bonds. The molecule has 0 bridgehead atoms. The Kier molecular flexibility index (Phi) is 10.1. The average molecular weight is 336 g/mol. The summed E-state index contributed by atoms with van der Waals surface area (Å²) >= 11 is 2.72. The molecule has 0 aromatic rings. The molecule has 0 aliphatic heterocycles. The van der Waals surface area contributed by atoms with Crippen molar-refractivity contribution >= 4 is 24.6 Å². The smallest absolute Gasteiger partial charge is 0.381 e. The summed E-state index contributed by atoms with van der Waals surface area (Å²) in [6.45, 7) is 2.60. The Bertz CT molecular complexity index is 357. The van der Waals surface area contributed by atoms with E-state index in [1.165, 1.54) is 6.92 Å². The SMILES string of the molecule is C=CC(=O)OC(CC)C(F)(F)C(=O)OCC(F)(F)S.CO. The fourth-order valence-corrected chi connectivity index (χ4v) is 1.05. The minimum Gasteiger partial charge on any atom is -0.454 e. The molecule has 0 saturated carbocycles. The number of rotatable bonds is 7. The van der Waals surface area contributed by atoms with E-state index in [0.29, 0.717) is 6.08 Å². The van der Waals surface area contributed by atoms with Gasteiger partial charge in [0, 0.05) is 13.2 Å². The lowest BCUT2D eigenvalue weighted by Crippen LogP contribution is -2.45. The van der Waals surface area contributed by atoms with Gasteiger partial charge in [0.2, 0.25) is 0 Å². The van der Waals surface area contributed by atoms with E-state index in [0.717, 1.165) is 7.11 Å². The summed E-state index contributed by atoms with van der Waals surface area (Å²) in [5, 5.41) is 3.27. The van der Waals surface area contributed by atoms with E-state index < -0.39 is 42.2 Å². The summed E-state index contributed by atoms with van der Waals surface area (Å²) in [6, 6.07) is 0. The summed E-state index contributed by atoms with van der Waals surface area (Å²) < 4.78 is 59.5. The third-order valence-electron chi connectivity index (χ3n) is 1.85. The van der Waals surface area contributed by atoms with Crippen LogP contribution in [0.4, 0.5) is 17.6 Å². The van der Waals surface area contributed by atoms with Crippen molar-refractivity contribution in [1.29, 1.82) is 0 Å². The van der Waals surface area contributed by atoms with Gasteiger partial charge in [-0.05, 0) is 6.42 Å². The highest BCUT2D eigenvalue weighted by Gasteiger charge is 2.51. The molecule has 1 atom stereocenters. The number of ether oxygens (including phenoxy) is 2. The van der Waals surface area contributed by atoms with Crippen LogP contribution in [0.5, 0.6) is 0 Å². The second-order valence-corrected chi connectivity index (χ2v) is 4.06. The molecule has 1 N–H and O–H groups in total. The molecule has 0 heterocycles. The molecule has 0 aromatic carbocycles. The first-order valence-corrected chi connectivity index (χ1v) is 5.92. The minimum absolute atomic E-state index is 0.418. The van der Waals surface area contributed by atoms with Gasteiger partial charge in [-0.3, -0.25) is 0 Å². The lowest BCUT2D eigenvalue weighted by atomic mass is 10.1. The molecule has 1 unspecified atom stereocenters. The van der Waals surface area contributed by atoms with Crippen LogP contribution in [0.2, 0.25) is 0 Å². The normalized spacial score (nSPS) is 12.6. The summed E-state index contributed by atoms with van der Waals surface area (Å²) in [5.74, 6) is -7.63. The van der Waals surface area contributed by atoms with E-state index in [1.807, 2.05) is 0 Å². The number of aliphatic hydroxyl groups excluding tert-OH is 1. The third kappa shape index (κ3) is 8.56. The number of hydrogen-bond donors (Lipinski definition) is 2. The van der Waals surface area contributed by atoms with E-state index >= 15 is 0 Å². The van der Waals surface area contributed by atoms with Crippen molar-refractivity contribution in [2.24, 2.45) is 0 Å². The number of thiol groups is 1. The number of esters is 2. The molecule has 0 aliphatic carbocycles. The van der Waals surface area contributed by atoms with Gasteiger partial charge in [0.25, 0.3) is 0 Å². The summed E-state index contributed by atoms with van der Waals surface area (Å²) in [6.07, 6.45) is -1.91. The maximum atomic E-state index is 13.5. The summed E-state index contributed by atoms with van der Waals surface area (Å²) in [5.41, 5.74) is 0. The van der Waals surface area contributed by atoms with E-state index in [4.69, 9.17) is 5.11 Å². The minimum atomic E-state index is -4.24. The molecule has 0 rings (SSSR count). The molecule has 0 spiro atoms. The first-order chi connectivity index (χ1) is 9.54. The molecule has 124 valence electrons. The number of halogens is 4. The van der Waals surface area contributed by atoms with Gasteiger partial charge in [0.1, 0.15) is 0 Å². The topological polar surface area (TPSA) is 72.8 Å². The first kappa shape index (κ1) is 22.0. The molecule has 0 aliphatic rings. The van der Waals surface area contributed by atoms with Crippen LogP contribution in [0.1, 0.15) is 13.3 Å². The zero-order valence-corrected chi connectivity index (χ0v) is 12.2. The van der Waals surface area contributed by atoms with Crippen molar-refractivity contribution in [3.05, 3.63) is 12.7 Å². The molecular weight excluding hydrogens is 320 g/mol. The van der Waals surface area contributed by atoms with Crippen molar-refractivity contribution in [3.8, 4) is 0 Å². The van der Waals surface area contributed by atoms with Gasteiger partial charge in [0.15, 0.2) is 12.7 Å². The zero-order chi connectivity index (χ0) is 17.3. The average Bonchev–Trinajstić information content (AvgIpc) is 2.42. The molecule has 21 heavy (non-hydrogen) atoms. The second kappa shape index (κ2) is 9.61. The Morgan fingerprint density at radius 3 is 2.14 bits per heavy atom. The van der Waals surface area contributed by atoms with E-state index in [-0.39, 0.29) is 0 Å².